The van der Waals surface area contributed by atoms with Crippen molar-refractivity contribution in [1.82, 2.24) is 14.3 Å². The zero-order valence-corrected chi connectivity index (χ0v) is 9.76. The fraction of sp³-hybridized carbons (Fsp3) is 0. The molecule has 3 aromatic rings. The molecular weight excluding hydrogens is 230 g/mol. The molecule has 1 aromatic carbocycles. The molecule has 0 amide bonds. The fourth-order valence-corrected chi connectivity index (χ4v) is 2.23. The van der Waals surface area contributed by atoms with Crippen molar-refractivity contribution < 1.29 is 0 Å². The van der Waals surface area contributed by atoms with E-state index in [1.807, 2.05) is 18.3 Å². The van der Waals surface area contributed by atoms with E-state index in [0.717, 1.165) is 11.3 Å². The Morgan fingerprint density at radius 1 is 0.824 bits per heavy atom. The molecule has 82 valence electrons. The van der Waals surface area contributed by atoms with Crippen LogP contribution in [0.25, 0.3) is 21.7 Å². The van der Waals surface area contributed by atoms with Crippen LogP contribution in [0.4, 0.5) is 0 Å². The molecule has 3 nitrogen and oxygen atoms in total. The zero-order chi connectivity index (χ0) is 11.5. The lowest BCUT2D eigenvalue weighted by molar-refractivity contribution is 1.17. The van der Waals surface area contributed by atoms with Crippen LogP contribution in [0.2, 0.25) is 0 Å². The van der Waals surface area contributed by atoms with Gasteiger partial charge >= 0.3 is 0 Å². The highest BCUT2D eigenvalue weighted by Crippen LogP contribution is 2.25. The van der Waals surface area contributed by atoms with Crippen LogP contribution in [0.3, 0.4) is 0 Å². The van der Waals surface area contributed by atoms with Gasteiger partial charge in [0, 0.05) is 18.0 Å². The molecule has 0 fully saturated rings. The third-order valence-electron chi connectivity index (χ3n) is 2.48. The normalized spacial score (nSPS) is 10.4. The first-order chi connectivity index (χ1) is 8.43. The topological polar surface area (TPSA) is 38.7 Å². The monoisotopic (exact) mass is 239 g/mol. The summed E-state index contributed by atoms with van der Waals surface area (Å²) in [7, 11) is 0. The standard InChI is InChI=1S/C13H9N3S/c1-3-11(13-6-8-16-17-13)4-2-10(1)12-5-7-14-9-15-12/h1-9H. The van der Waals surface area contributed by atoms with E-state index in [0.29, 0.717) is 0 Å². The van der Waals surface area contributed by atoms with Gasteiger partial charge in [0.05, 0.1) is 10.6 Å². The summed E-state index contributed by atoms with van der Waals surface area (Å²) in [6.07, 6.45) is 5.13. The van der Waals surface area contributed by atoms with E-state index in [1.165, 1.54) is 22.0 Å². The summed E-state index contributed by atoms with van der Waals surface area (Å²) < 4.78 is 4.10. The second-order valence-corrected chi connectivity index (χ2v) is 4.38. The Kier molecular flexibility index (Phi) is 2.63. The highest BCUT2D eigenvalue weighted by atomic mass is 32.1. The van der Waals surface area contributed by atoms with Crippen molar-refractivity contribution in [2.75, 3.05) is 0 Å². The highest BCUT2D eigenvalue weighted by Gasteiger charge is 2.01. The van der Waals surface area contributed by atoms with Crippen LogP contribution in [0.15, 0.2) is 55.1 Å². The predicted molar refractivity (Wildman–Crippen MR) is 68.6 cm³/mol. The van der Waals surface area contributed by atoms with Crippen LogP contribution in [0.1, 0.15) is 0 Å². The van der Waals surface area contributed by atoms with Crippen LogP contribution in [-0.2, 0) is 0 Å². The molecule has 0 saturated carbocycles. The molecule has 2 aromatic heterocycles. The van der Waals surface area contributed by atoms with Crippen molar-refractivity contribution in [1.29, 1.82) is 0 Å². The van der Waals surface area contributed by atoms with E-state index in [-0.39, 0.29) is 0 Å². The molecule has 0 saturated heterocycles. The number of benzene rings is 1. The summed E-state index contributed by atoms with van der Waals surface area (Å²) in [5.41, 5.74) is 3.22. The van der Waals surface area contributed by atoms with E-state index >= 15 is 0 Å². The van der Waals surface area contributed by atoms with Crippen molar-refractivity contribution >= 4 is 11.5 Å². The van der Waals surface area contributed by atoms with Crippen LogP contribution in [0.5, 0.6) is 0 Å². The molecule has 17 heavy (non-hydrogen) atoms. The SMILES string of the molecule is c1cc(-c2ccc(-c3ccns3)cc2)ncn1. The summed E-state index contributed by atoms with van der Waals surface area (Å²) in [6, 6.07) is 12.2. The number of hydrogen-bond acceptors (Lipinski definition) is 4. The van der Waals surface area contributed by atoms with Crippen LogP contribution in [-0.4, -0.2) is 14.3 Å². The third-order valence-corrected chi connectivity index (χ3v) is 3.28. The predicted octanol–water partition coefficient (Wildman–Crippen LogP) is 3.27. The molecule has 0 unspecified atom stereocenters. The molecule has 0 N–H and O–H groups in total. The van der Waals surface area contributed by atoms with Gasteiger partial charge in [0.1, 0.15) is 6.33 Å². The quantitative estimate of drug-likeness (QED) is 0.689. The fourth-order valence-electron chi connectivity index (χ4n) is 1.63. The number of hydrogen-bond donors (Lipinski definition) is 0. The summed E-state index contributed by atoms with van der Waals surface area (Å²) in [6.45, 7) is 0. The maximum absolute atomic E-state index is 4.22. The molecule has 3 rings (SSSR count). The Morgan fingerprint density at radius 3 is 2.29 bits per heavy atom. The molecule has 4 heteroatoms. The minimum atomic E-state index is 0.941. The Balaban J connectivity index is 1.96. The van der Waals surface area contributed by atoms with Gasteiger partial charge in [0.15, 0.2) is 0 Å². The van der Waals surface area contributed by atoms with Gasteiger partial charge in [-0.15, -0.1) is 0 Å². The molecule has 0 bridgehead atoms. The largest absolute Gasteiger partial charge is 0.245 e. The minimum absolute atomic E-state index is 0.941. The third kappa shape index (κ3) is 2.07. The Labute approximate surface area is 103 Å². The minimum Gasteiger partial charge on any atom is -0.245 e. The molecule has 2 heterocycles. The van der Waals surface area contributed by atoms with E-state index < -0.39 is 0 Å². The van der Waals surface area contributed by atoms with Gasteiger partial charge in [0.2, 0.25) is 0 Å². The molecule has 0 radical (unpaired) electrons. The molecule has 0 aliphatic heterocycles. The van der Waals surface area contributed by atoms with Crippen molar-refractivity contribution in [2.24, 2.45) is 0 Å². The van der Waals surface area contributed by atoms with Gasteiger partial charge in [-0.3, -0.25) is 0 Å². The molecule has 0 aliphatic carbocycles. The second kappa shape index (κ2) is 4.43. The summed E-state index contributed by atoms with van der Waals surface area (Å²) >= 11 is 1.50. The van der Waals surface area contributed by atoms with Crippen LogP contribution in [0, 0.1) is 0 Å². The first-order valence-electron chi connectivity index (χ1n) is 5.21. The molecular formula is C13H9N3S. The van der Waals surface area contributed by atoms with Crippen molar-refractivity contribution in [3.05, 3.63) is 55.1 Å². The zero-order valence-electron chi connectivity index (χ0n) is 8.95. The Morgan fingerprint density at radius 2 is 1.65 bits per heavy atom. The second-order valence-electron chi connectivity index (χ2n) is 3.55. The lowest BCUT2D eigenvalue weighted by Gasteiger charge is -2.01. The van der Waals surface area contributed by atoms with E-state index in [9.17, 15) is 0 Å². The lowest BCUT2D eigenvalue weighted by Crippen LogP contribution is -1.83. The Hall–Kier alpha value is -2.07. The average molecular weight is 239 g/mol. The van der Waals surface area contributed by atoms with E-state index in [4.69, 9.17) is 0 Å². The van der Waals surface area contributed by atoms with Crippen molar-refractivity contribution in [3.63, 3.8) is 0 Å². The van der Waals surface area contributed by atoms with Crippen molar-refractivity contribution in [2.45, 2.75) is 0 Å². The lowest BCUT2D eigenvalue weighted by atomic mass is 10.1. The first-order valence-corrected chi connectivity index (χ1v) is 5.98. The van der Waals surface area contributed by atoms with Gasteiger partial charge in [-0.1, -0.05) is 24.3 Å². The van der Waals surface area contributed by atoms with Crippen LogP contribution >= 0.6 is 11.5 Å². The smallest absolute Gasteiger partial charge is 0.116 e. The maximum atomic E-state index is 4.22. The van der Waals surface area contributed by atoms with E-state index in [2.05, 4.69) is 38.6 Å². The van der Waals surface area contributed by atoms with Gasteiger partial charge in [-0.2, -0.15) is 0 Å². The number of rotatable bonds is 2. The Bertz CT molecular complexity index is 588. The number of nitrogens with zero attached hydrogens (tertiary/aromatic N) is 3. The molecule has 0 aliphatic rings. The van der Waals surface area contributed by atoms with Gasteiger partial charge in [-0.05, 0) is 29.2 Å². The van der Waals surface area contributed by atoms with Crippen molar-refractivity contribution in [3.8, 4) is 21.7 Å². The van der Waals surface area contributed by atoms with E-state index in [1.54, 1.807) is 12.5 Å². The van der Waals surface area contributed by atoms with Gasteiger partial charge in [-0.25, -0.2) is 14.3 Å². The summed E-state index contributed by atoms with van der Waals surface area (Å²) in [4.78, 5) is 9.31. The average Bonchev–Trinajstić information content (AvgIpc) is 2.94. The highest BCUT2D eigenvalue weighted by molar-refractivity contribution is 7.09. The summed E-state index contributed by atoms with van der Waals surface area (Å²) in [5, 5.41) is 0. The first kappa shape index (κ1) is 10.1. The molecule has 0 atom stereocenters. The van der Waals surface area contributed by atoms with Crippen LogP contribution < -0.4 is 0 Å². The number of aromatic nitrogens is 3. The maximum Gasteiger partial charge on any atom is 0.116 e. The van der Waals surface area contributed by atoms with Gasteiger partial charge in [0.25, 0.3) is 0 Å². The van der Waals surface area contributed by atoms with Gasteiger partial charge < -0.3 is 0 Å². The summed E-state index contributed by atoms with van der Waals surface area (Å²) in [5.74, 6) is 0. The molecule has 0 spiro atoms.